The summed E-state index contributed by atoms with van der Waals surface area (Å²) in [4.78, 5) is 0. The van der Waals surface area contributed by atoms with Crippen LogP contribution >= 0.6 is 0 Å². The molecule has 4 atom stereocenters. The fraction of sp³-hybridized carbons (Fsp3) is 0.800. The molecule has 2 N–H and O–H groups in total. The van der Waals surface area contributed by atoms with Crippen molar-refractivity contribution in [3.8, 4) is 0 Å². The molecule has 3 heteroatoms. The van der Waals surface area contributed by atoms with Crippen LogP contribution in [0.15, 0.2) is 12.4 Å². The van der Waals surface area contributed by atoms with E-state index in [1.807, 2.05) is 10.9 Å². The van der Waals surface area contributed by atoms with E-state index in [1.165, 1.54) is 37.7 Å². The smallest absolute Gasteiger partial charge is 0.0537 e. The minimum Gasteiger partial charge on any atom is -0.324 e. The second-order valence-corrected chi connectivity index (χ2v) is 6.31. The first-order chi connectivity index (χ1) is 8.76. The largest absolute Gasteiger partial charge is 0.324 e. The number of hydrogen-bond acceptors (Lipinski definition) is 2. The highest BCUT2D eigenvalue weighted by Crippen LogP contribution is 2.50. The van der Waals surface area contributed by atoms with Crippen molar-refractivity contribution in [1.82, 2.24) is 9.78 Å². The van der Waals surface area contributed by atoms with Crippen molar-refractivity contribution in [2.45, 2.75) is 58.0 Å². The Hall–Kier alpha value is -0.830. The van der Waals surface area contributed by atoms with E-state index in [-0.39, 0.29) is 6.04 Å². The zero-order chi connectivity index (χ0) is 12.5. The quantitative estimate of drug-likeness (QED) is 0.868. The monoisotopic (exact) mass is 247 g/mol. The number of hydrogen-bond donors (Lipinski definition) is 1. The van der Waals surface area contributed by atoms with Gasteiger partial charge in [-0.25, -0.2) is 0 Å². The lowest BCUT2D eigenvalue weighted by Gasteiger charge is -2.24. The first-order valence-electron chi connectivity index (χ1n) is 7.54. The van der Waals surface area contributed by atoms with Crippen LogP contribution in [0.4, 0.5) is 0 Å². The second kappa shape index (κ2) is 5.04. The maximum absolute atomic E-state index is 6.36. The molecule has 100 valence electrons. The molecule has 2 saturated carbocycles. The predicted molar refractivity (Wildman–Crippen MR) is 73.0 cm³/mol. The van der Waals surface area contributed by atoms with Crippen LogP contribution < -0.4 is 5.73 Å². The molecule has 2 aliphatic carbocycles. The highest BCUT2D eigenvalue weighted by molar-refractivity contribution is 5.10. The van der Waals surface area contributed by atoms with Gasteiger partial charge in [-0.3, -0.25) is 4.68 Å². The number of aryl methyl sites for hydroxylation is 1. The lowest BCUT2D eigenvalue weighted by atomic mass is 9.83. The normalized spacial score (nSPS) is 32.0. The van der Waals surface area contributed by atoms with Crippen LogP contribution in [0.5, 0.6) is 0 Å². The van der Waals surface area contributed by atoms with Gasteiger partial charge in [0.05, 0.1) is 6.20 Å². The fourth-order valence-electron chi connectivity index (χ4n) is 4.05. The van der Waals surface area contributed by atoms with Crippen LogP contribution in [0.1, 0.15) is 57.1 Å². The Labute approximate surface area is 110 Å². The van der Waals surface area contributed by atoms with E-state index in [2.05, 4.69) is 18.2 Å². The van der Waals surface area contributed by atoms with E-state index >= 15 is 0 Å². The predicted octanol–water partition coefficient (Wildman–Crippen LogP) is 3.12. The third-order valence-corrected chi connectivity index (χ3v) is 4.98. The summed E-state index contributed by atoms with van der Waals surface area (Å²) >= 11 is 0. The first-order valence-corrected chi connectivity index (χ1v) is 7.54. The summed E-state index contributed by atoms with van der Waals surface area (Å²) in [6.07, 6.45) is 12.2. The van der Waals surface area contributed by atoms with E-state index in [0.717, 1.165) is 30.7 Å². The molecule has 2 aliphatic rings. The minimum absolute atomic E-state index is 0.194. The molecule has 0 aromatic carbocycles. The maximum atomic E-state index is 6.36. The Morgan fingerprint density at radius 2 is 2.33 bits per heavy atom. The Balaban J connectivity index is 1.58. The average molecular weight is 247 g/mol. The van der Waals surface area contributed by atoms with Crippen molar-refractivity contribution < 1.29 is 0 Å². The topological polar surface area (TPSA) is 43.8 Å². The number of fused-ring (bicyclic) bond motifs is 2. The molecular weight excluding hydrogens is 222 g/mol. The highest BCUT2D eigenvalue weighted by Gasteiger charge is 2.39. The Bertz CT molecular complexity index is 398. The van der Waals surface area contributed by atoms with Gasteiger partial charge in [0.1, 0.15) is 0 Å². The molecule has 18 heavy (non-hydrogen) atoms. The van der Waals surface area contributed by atoms with Gasteiger partial charge in [0.2, 0.25) is 0 Å². The van der Waals surface area contributed by atoms with E-state index < -0.39 is 0 Å². The zero-order valence-corrected chi connectivity index (χ0v) is 11.4. The highest BCUT2D eigenvalue weighted by atomic mass is 15.3. The van der Waals surface area contributed by atoms with Gasteiger partial charge in [-0.1, -0.05) is 13.3 Å². The van der Waals surface area contributed by atoms with Gasteiger partial charge in [-0.15, -0.1) is 0 Å². The molecule has 3 nitrogen and oxygen atoms in total. The summed E-state index contributed by atoms with van der Waals surface area (Å²) in [5.41, 5.74) is 7.59. The van der Waals surface area contributed by atoms with Gasteiger partial charge in [-0.2, -0.15) is 5.10 Å². The standard InChI is InChI=1S/C15H25N3/c1-2-5-18-10-14(9-17-18)15(16)8-13-7-11-3-4-12(13)6-11/h9-13,15H,2-8,16H2,1H3. The Kier molecular flexibility index (Phi) is 3.42. The lowest BCUT2D eigenvalue weighted by molar-refractivity contribution is 0.296. The average Bonchev–Trinajstić information content (AvgIpc) is 3.04. The van der Waals surface area contributed by atoms with Gasteiger partial charge in [0, 0.05) is 24.3 Å². The van der Waals surface area contributed by atoms with E-state index in [1.54, 1.807) is 0 Å². The van der Waals surface area contributed by atoms with E-state index in [0.29, 0.717) is 0 Å². The van der Waals surface area contributed by atoms with Gasteiger partial charge < -0.3 is 5.73 Å². The molecule has 1 aromatic rings. The molecule has 3 rings (SSSR count). The van der Waals surface area contributed by atoms with E-state index in [4.69, 9.17) is 5.73 Å². The third-order valence-electron chi connectivity index (χ3n) is 4.98. The number of aromatic nitrogens is 2. The van der Waals surface area contributed by atoms with Crippen molar-refractivity contribution in [2.24, 2.45) is 23.5 Å². The third kappa shape index (κ3) is 2.33. The van der Waals surface area contributed by atoms with Crippen molar-refractivity contribution in [1.29, 1.82) is 0 Å². The van der Waals surface area contributed by atoms with Gasteiger partial charge in [0.25, 0.3) is 0 Å². The van der Waals surface area contributed by atoms with Crippen molar-refractivity contribution in [3.63, 3.8) is 0 Å². The molecule has 0 saturated heterocycles. The zero-order valence-electron chi connectivity index (χ0n) is 11.4. The van der Waals surface area contributed by atoms with Crippen LogP contribution in [-0.2, 0) is 6.54 Å². The molecule has 0 amide bonds. The van der Waals surface area contributed by atoms with Crippen molar-refractivity contribution in [2.75, 3.05) is 0 Å². The van der Waals surface area contributed by atoms with E-state index in [9.17, 15) is 0 Å². The fourth-order valence-corrected chi connectivity index (χ4v) is 4.05. The molecule has 2 bridgehead atoms. The van der Waals surface area contributed by atoms with Gasteiger partial charge in [-0.05, 0) is 49.9 Å². The van der Waals surface area contributed by atoms with Crippen LogP contribution in [0.25, 0.3) is 0 Å². The second-order valence-electron chi connectivity index (χ2n) is 6.31. The number of nitrogens with two attached hydrogens (primary N) is 1. The minimum atomic E-state index is 0.194. The SMILES string of the molecule is CCCn1cc(C(N)CC2CC3CCC2C3)cn1. The summed E-state index contributed by atoms with van der Waals surface area (Å²) in [5, 5.41) is 4.39. The summed E-state index contributed by atoms with van der Waals surface area (Å²) < 4.78 is 2.02. The van der Waals surface area contributed by atoms with Gasteiger partial charge in [0.15, 0.2) is 0 Å². The first kappa shape index (κ1) is 12.2. The maximum Gasteiger partial charge on any atom is 0.0537 e. The molecule has 4 unspecified atom stereocenters. The molecule has 1 heterocycles. The molecule has 1 aromatic heterocycles. The van der Waals surface area contributed by atoms with Crippen LogP contribution in [0, 0.1) is 17.8 Å². The molecule has 2 fully saturated rings. The number of nitrogens with zero attached hydrogens (tertiary/aromatic N) is 2. The summed E-state index contributed by atoms with van der Waals surface area (Å²) in [6.45, 7) is 3.18. The summed E-state index contributed by atoms with van der Waals surface area (Å²) in [6, 6.07) is 0.194. The van der Waals surface area contributed by atoms with Crippen LogP contribution in [-0.4, -0.2) is 9.78 Å². The number of rotatable bonds is 5. The van der Waals surface area contributed by atoms with Crippen LogP contribution in [0.2, 0.25) is 0 Å². The Morgan fingerprint density at radius 3 is 3.00 bits per heavy atom. The molecule has 0 radical (unpaired) electrons. The molecular formula is C15H25N3. The van der Waals surface area contributed by atoms with Crippen molar-refractivity contribution >= 4 is 0 Å². The summed E-state index contributed by atoms with van der Waals surface area (Å²) in [5.74, 6) is 2.88. The Morgan fingerprint density at radius 1 is 1.44 bits per heavy atom. The lowest BCUT2D eigenvalue weighted by Crippen LogP contribution is -2.19. The molecule has 0 aliphatic heterocycles. The molecule has 0 spiro atoms. The summed E-state index contributed by atoms with van der Waals surface area (Å²) in [7, 11) is 0. The van der Waals surface area contributed by atoms with Gasteiger partial charge >= 0.3 is 0 Å². The van der Waals surface area contributed by atoms with Crippen molar-refractivity contribution in [3.05, 3.63) is 18.0 Å². The van der Waals surface area contributed by atoms with Crippen LogP contribution in [0.3, 0.4) is 0 Å².